The summed E-state index contributed by atoms with van der Waals surface area (Å²) in [6.45, 7) is -0.728. The van der Waals surface area contributed by atoms with E-state index < -0.39 is 60.0 Å². The fourth-order valence-corrected chi connectivity index (χ4v) is 5.58. The fraction of sp³-hybridized carbons (Fsp3) is 0.520. The lowest BCUT2D eigenvalue weighted by atomic mass is 9.95. The number of halogens is 2. The first-order valence-electron chi connectivity index (χ1n) is 12.2. The minimum atomic E-state index is -3.01. The van der Waals surface area contributed by atoms with Gasteiger partial charge in [0.05, 0.1) is 18.6 Å². The van der Waals surface area contributed by atoms with Gasteiger partial charge in [0, 0.05) is 36.3 Å². The number of fused-ring (bicyclic) bond motifs is 1. The van der Waals surface area contributed by atoms with Gasteiger partial charge in [-0.05, 0) is 37.5 Å². The number of ketones is 1. The first-order valence-corrected chi connectivity index (χ1v) is 12.2. The normalized spacial score (nSPS) is 26.8. The van der Waals surface area contributed by atoms with Crippen LogP contribution >= 0.6 is 0 Å². The molecule has 4 N–H and O–H groups in total. The molecular formula is C25H28F2N4O6. The Bertz CT molecular complexity index is 1280. The second kappa shape index (κ2) is 9.09. The topological polar surface area (TPSA) is 141 Å². The van der Waals surface area contributed by atoms with E-state index in [1.165, 1.54) is 7.11 Å². The Kier molecular flexibility index (Phi) is 6.17. The van der Waals surface area contributed by atoms with Crippen LogP contribution in [0.4, 0.5) is 8.78 Å². The van der Waals surface area contributed by atoms with E-state index in [4.69, 9.17) is 4.74 Å². The molecule has 198 valence electrons. The number of hydrogen-bond donors (Lipinski definition) is 4. The van der Waals surface area contributed by atoms with Gasteiger partial charge in [0.15, 0.2) is 5.78 Å². The van der Waals surface area contributed by atoms with Crippen LogP contribution < -0.4 is 15.4 Å². The Morgan fingerprint density at radius 2 is 2.08 bits per heavy atom. The molecule has 0 unspecified atom stereocenters. The van der Waals surface area contributed by atoms with Crippen LogP contribution in [0.2, 0.25) is 0 Å². The number of likely N-dealkylation sites (tertiary alicyclic amines) is 1. The van der Waals surface area contributed by atoms with Crippen molar-refractivity contribution >= 4 is 34.4 Å². The Hall–Kier alpha value is -3.54. The number of Topliss-reactive ketones (excluding diaryl/α,β-unsaturated/α-hetero) is 1. The van der Waals surface area contributed by atoms with E-state index in [0.717, 1.165) is 4.90 Å². The Balaban J connectivity index is 1.40. The van der Waals surface area contributed by atoms with Crippen LogP contribution in [0, 0.1) is 11.3 Å². The molecule has 37 heavy (non-hydrogen) atoms. The summed E-state index contributed by atoms with van der Waals surface area (Å²) in [5.74, 6) is -5.36. The Morgan fingerprint density at radius 3 is 2.70 bits per heavy atom. The number of aliphatic hydroxyl groups is 1. The van der Waals surface area contributed by atoms with Gasteiger partial charge in [0.25, 0.3) is 11.8 Å². The van der Waals surface area contributed by atoms with Crippen molar-refractivity contribution in [3.63, 3.8) is 0 Å². The van der Waals surface area contributed by atoms with E-state index >= 15 is 0 Å². The predicted molar refractivity (Wildman–Crippen MR) is 126 cm³/mol. The van der Waals surface area contributed by atoms with Crippen molar-refractivity contribution in [3.8, 4) is 5.75 Å². The van der Waals surface area contributed by atoms with Crippen LogP contribution in [0.1, 0.15) is 36.2 Å². The largest absolute Gasteiger partial charge is 0.496 e. The zero-order chi connectivity index (χ0) is 26.5. The van der Waals surface area contributed by atoms with Crippen LogP contribution in [0.5, 0.6) is 5.75 Å². The molecule has 5 rings (SSSR count). The monoisotopic (exact) mass is 518 g/mol. The van der Waals surface area contributed by atoms with Gasteiger partial charge in [0.1, 0.15) is 24.1 Å². The number of aromatic nitrogens is 1. The highest BCUT2D eigenvalue weighted by molar-refractivity contribution is 6.02. The molecule has 1 spiro atoms. The SMILES string of the molecule is COc1cccc2[nH]c(C(=O)N3C[C@]4(C[C@H]3C(=O)N[C@@H](C[C@@H]3CCNC3=O)C(=O)CO)CC4(F)F)cc12. The van der Waals surface area contributed by atoms with Gasteiger partial charge < -0.3 is 30.4 Å². The van der Waals surface area contributed by atoms with Gasteiger partial charge in [-0.3, -0.25) is 19.2 Å². The number of methoxy groups -OCH3 is 1. The molecular weight excluding hydrogens is 490 g/mol. The molecule has 1 aromatic carbocycles. The maximum Gasteiger partial charge on any atom is 0.271 e. The van der Waals surface area contributed by atoms with Crippen LogP contribution in [0.25, 0.3) is 10.9 Å². The van der Waals surface area contributed by atoms with E-state index in [1.807, 2.05) is 0 Å². The summed E-state index contributed by atoms with van der Waals surface area (Å²) in [7, 11) is 1.49. The first-order chi connectivity index (χ1) is 17.6. The lowest BCUT2D eigenvalue weighted by Crippen LogP contribution is -2.52. The molecule has 1 saturated carbocycles. The molecule has 2 aliphatic heterocycles. The molecule has 3 fully saturated rings. The molecule has 1 aliphatic carbocycles. The number of hydrogen-bond acceptors (Lipinski definition) is 6. The summed E-state index contributed by atoms with van der Waals surface area (Å²) in [5.41, 5.74) is -0.780. The number of alkyl halides is 2. The smallest absolute Gasteiger partial charge is 0.271 e. The second-order valence-electron chi connectivity index (χ2n) is 10.1. The molecule has 12 heteroatoms. The van der Waals surface area contributed by atoms with Gasteiger partial charge in [-0.2, -0.15) is 0 Å². The third kappa shape index (κ3) is 4.32. The van der Waals surface area contributed by atoms with E-state index in [2.05, 4.69) is 15.6 Å². The van der Waals surface area contributed by atoms with Gasteiger partial charge in [0.2, 0.25) is 11.8 Å². The maximum absolute atomic E-state index is 14.4. The molecule has 2 saturated heterocycles. The Morgan fingerprint density at radius 1 is 1.32 bits per heavy atom. The van der Waals surface area contributed by atoms with Gasteiger partial charge in [-0.25, -0.2) is 8.78 Å². The zero-order valence-corrected chi connectivity index (χ0v) is 20.2. The van der Waals surface area contributed by atoms with E-state index in [0.29, 0.717) is 29.6 Å². The molecule has 2 aromatic rings. The van der Waals surface area contributed by atoms with Crippen molar-refractivity contribution in [2.45, 2.75) is 43.7 Å². The average Bonchev–Trinajstić information content (AvgIpc) is 3.36. The Labute approximate surface area is 210 Å². The van der Waals surface area contributed by atoms with Crippen molar-refractivity contribution in [1.82, 2.24) is 20.5 Å². The van der Waals surface area contributed by atoms with E-state index in [1.54, 1.807) is 24.3 Å². The number of H-pyrrole nitrogens is 1. The lowest BCUT2D eigenvalue weighted by molar-refractivity contribution is -0.132. The summed E-state index contributed by atoms with van der Waals surface area (Å²) >= 11 is 0. The number of aliphatic hydroxyl groups excluding tert-OH is 1. The van der Waals surface area contributed by atoms with Crippen molar-refractivity contribution in [2.24, 2.45) is 11.3 Å². The average molecular weight is 519 g/mol. The predicted octanol–water partition coefficient (Wildman–Crippen LogP) is 0.989. The highest BCUT2D eigenvalue weighted by Gasteiger charge is 2.75. The number of nitrogens with one attached hydrogen (secondary N) is 3. The standard InChI is InChI=1S/C25H28F2N4O6/c1-37-20-4-2-3-15-14(20)8-17(29-15)23(36)31-12-24(11-25(24,26)27)9-18(31)22(35)30-16(19(33)10-32)7-13-5-6-28-21(13)34/h2-4,8,13,16,18,29,32H,5-7,9-12H2,1H3,(H,28,34)(H,30,35)/t13-,16-,18-,24-/m0/s1. The summed E-state index contributed by atoms with van der Waals surface area (Å²) in [6, 6.07) is 4.32. The lowest BCUT2D eigenvalue weighted by Gasteiger charge is -2.26. The number of carbonyl (C=O) groups is 4. The molecule has 3 heterocycles. The van der Waals surface area contributed by atoms with Crippen molar-refractivity contribution in [2.75, 3.05) is 26.8 Å². The van der Waals surface area contributed by atoms with Crippen molar-refractivity contribution in [1.29, 1.82) is 0 Å². The maximum atomic E-state index is 14.4. The molecule has 4 atom stereocenters. The third-order valence-electron chi connectivity index (χ3n) is 7.83. The van der Waals surface area contributed by atoms with Crippen LogP contribution in [0.15, 0.2) is 24.3 Å². The van der Waals surface area contributed by atoms with Crippen molar-refractivity contribution in [3.05, 3.63) is 30.0 Å². The minimum absolute atomic E-state index is 0.0270. The fourth-order valence-electron chi connectivity index (χ4n) is 5.58. The first kappa shape index (κ1) is 25.1. The minimum Gasteiger partial charge on any atom is -0.496 e. The van der Waals surface area contributed by atoms with Crippen LogP contribution in [-0.4, -0.2) is 83.3 Å². The highest BCUT2D eigenvalue weighted by atomic mass is 19.3. The van der Waals surface area contributed by atoms with Crippen molar-refractivity contribution < 1.29 is 37.8 Å². The molecule has 0 radical (unpaired) electrons. The van der Waals surface area contributed by atoms with Crippen LogP contribution in [0.3, 0.4) is 0 Å². The van der Waals surface area contributed by atoms with E-state index in [-0.39, 0.29) is 31.0 Å². The molecule has 1 aromatic heterocycles. The number of carbonyl (C=O) groups excluding carboxylic acids is 4. The number of amides is 3. The number of nitrogens with zero attached hydrogens (tertiary/aromatic N) is 1. The van der Waals surface area contributed by atoms with Gasteiger partial charge >= 0.3 is 0 Å². The summed E-state index contributed by atoms with van der Waals surface area (Å²) in [4.78, 5) is 55.4. The van der Waals surface area contributed by atoms with Crippen LogP contribution in [-0.2, 0) is 14.4 Å². The number of benzene rings is 1. The second-order valence-corrected chi connectivity index (χ2v) is 10.1. The molecule has 3 aliphatic rings. The molecule has 10 nitrogen and oxygen atoms in total. The van der Waals surface area contributed by atoms with Gasteiger partial charge in [-0.15, -0.1) is 0 Å². The zero-order valence-electron chi connectivity index (χ0n) is 20.2. The summed E-state index contributed by atoms with van der Waals surface area (Å²) in [6.07, 6.45) is -0.252. The van der Waals surface area contributed by atoms with Gasteiger partial charge in [-0.1, -0.05) is 6.07 Å². The highest BCUT2D eigenvalue weighted by Crippen LogP contribution is 2.66. The number of ether oxygens (including phenoxy) is 1. The summed E-state index contributed by atoms with van der Waals surface area (Å²) < 4.78 is 34.1. The van der Waals surface area contributed by atoms with E-state index in [9.17, 15) is 33.1 Å². The number of rotatable bonds is 8. The quantitative estimate of drug-likeness (QED) is 0.411. The molecule has 0 bridgehead atoms. The number of aromatic amines is 1. The third-order valence-corrected chi connectivity index (χ3v) is 7.83. The molecule has 3 amide bonds. The summed E-state index contributed by atoms with van der Waals surface area (Å²) in [5, 5.41) is 15.2.